The number of hydrogen-bond acceptors (Lipinski definition) is 3. The van der Waals surface area contributed by atoms with Gasteiger partial charge in [0.25, 0.3) is 0 Å². The maximum absolute atomic E-state index is 13.1. The Morgan fingerprint density at radius 3 is 2.40 bits per heavy atom. The van der Waals surface area contributed by atoms with Crippen LogP contribution in [0.15, 0.2) is 24.3 Å². The Labute approximate surface area is 156 Å². The van der Waals surface area contributed by atoms with Crippen LogP contribution in [0, 0.1) is 0 Å². The lowest BCUT2D eigenvalue weighted by molar-refractivity contribution is -0.138. The van der Waals surface area contributed by atoms with Crippen molar-refractivity contribution >= 4 is 17.5 Å². The second-order valence-corrected chi connectivity index (χ2v) is 8.62. The van der Waals surface area contributed by atoms with Crippen molar-refractivity contribution in [2.45, 2.75) is 44.1 Å². The van der Waals surface area contributed by atoms with Gasteiger partial charge in [-0.25, -0.2) is 0 Å². The molecule has 2 heterocycles. The fourth-order valence-corrected chi connectivity index (χ4v) is 4.36. The summed E-state index contributed by atoms with van der Waals surface area (Å²) >= 11 is 6.09. The first-order valence-electron chi connectivity index (χ1n) is 9.16. The Kier molecular flexibility index (Phi) is 5.42. The van der Waals surface area contributed by atoms with E-state index in [1.165, 1.54) is 5.56 Å². The van der Waals surface area contributed by atoms with Crippen molar-refractivity contribution in [1.29, 1.82) is 0 Å². The number of nitrogens with zero attached hydrogens (tertiary/aromatic N) is 2. The lowest BCUT2D eigenvalue weighted by atomic mass is 9.67. The quantitative estimate of drug-likeness (QED) is 0.824. The van der Waals surface area contributed by atoms with Gasteiger partial charge in [-0.3, -0.25) is 4.79 Å². The van der Waals surface area contributed by atoms with E-state index in [-0.39, 0.29) is 16.9 Å². The molecule has 2 saturated heterocycles. The highest BCUT2D eigenvalue weighted by atomic mass is 35.5. The van der Waals surface area contributed by atoms with E-state index >= 15 is 0 Å². The topological polar surface area (TPSA) is 32.8 Å². The average molecular weight is 365 g/mol. The second kappa shape index (κ2) is 7.26. The molecule has 5 heteroatoms. The summed E-state index contributed by atoms with van der Waals surface area (Å²) in [4.78, 5) is 17.4. The predicted molar refractivity (Wildman–Crippen MR) is 101 cm³/mol. The Morgan fingerprint density at radius 1 is 1.16 bits per heavy atom. The highest BCUT2D eigenvalue weighted by Gasteiger charge is 2.44. The van der Waals surface area contributed by atoms with Gasteiger partial charge in [-0.05, 0) is 51.4 Å². The van der Waals surface area contributed by atoms with Gasteiger partial charge >= 0.3 is 0 Å². The second-order valence-electron chi connectivity index (χ2n) is 8.18. The van der Waals surface area contributed by atoms with E-state index < -0.39 is 0 Å². The van der Waals surface area contributed by atoms with E-state index in [1.54, 1.807) is 0 Å². The summed E-state index contributed by atoms with van der Waals surface area (Å²) in [7, 11) is 2.11. The number of piperazine rings is 1. The maximum atomic E-state index is 13.1. The number of amides is 1. The fourth-order valence-electron chi connectivity index (χ4n) is 4.24. The van der Waals surface area contributed by atoms with Crippen LogP contribution < -0.4 is 0 Å². The van der Waals surface area contributed by atoms with Gasteiger partial charge in [-0.2, -0.15) is 0 Å². The molecule has 0 aliphatic carbocycles. The van der Waals surface area contributed by atoms with Crippen LogP contribution in [0.5, 0.6) is 0 Å². The van der Waals surface area contributed by atoms with Gasteiger partial charge < -0.3 is 14.5 Å². The zero-order chi connectivity index (χ0) is 18.1. The number of carbonyl (C=O) groups excluding carboxylic acids is 1. The number of hydrogen-bond donors (Lipinski definition) is 0. The minimum atomic E-state index is -0.222. The minimum absolute atomic E-state index is 0.174. The van der Waals surface area contributed by atoms with Crippen LogP contribution in [0.25, 0.3) is 0 Å². The molecular formula is C20H29ClN2O2. The van der Waals surface area contributed by atoms with Crippen LogP contribution in [0.4, 0.5) is 0 Å². The molecule has 138 valence electrons. The van der Waals surface area contributed by atoms with E-state index in [2.05, 4.69) is 37.9 Å². The Morgan fingerprint density at radius 2 is 1.80 bits per heavy atom. The molecule has 1 unspecified atom stereocenters. The van der Waals surface area contributed by atoms with E-state index in [4.69, 9.17) is 16.3 Å². The van der Waals surface area contributed by atoms with Gasteiger partial charge in [0.15, 0.2) is 0 Å². The van der Waals surface area contributed by atoms with Gasteiger partial charge in [-0.15, -0.1) is 0 Å². The molecule has 0 radical (unpaired) electrons. The highest BCUT2D eigenvalue weighted by molar-refractivity contribution is 6.30. The summed E-state index contributed by atoms with van der Waals surface area (Å²) in [5.74, 6) is 0.265. The van der Waals surface area contributed by atoms with Gasteiger partial charge in [0.2, 0.25) is 5.91 Å². The van der Waals surface area contributed by atoms with Crippen LogP contribution >= 0.6 is 11.6 Å². The Balaban J connectivity index is 1.84. The monoisotopic (exact) mass is 364 g/mol. The predicted octanol–water partition coefficient (Wildman–Crippen LogP) is 3.33. The van der Waals surface area contributed by atoms with Crippen LogP contribution in [0.1, 0.15) is 38.7 Å². The molecule has 1 aromatic carbocycles. The highest BCUT2D eigenvalue weighted by Crippen LogP contribution is 2.44. The van der Waals surface area contributed by atoms with Crippen molar-refractivity contribution in [3.63, 3.8) is 0 Å². The van der Waals surface area contributed by atoms with Crippen LogP contribution in [-0.4, -0.2) is 61.1 Å². The summed E-state index contributed by atoms with van der Waals surface area (Å²) in [6, 6.07) is 8.03. The van der Waals surface area contributed by atoms with Crippen molar-refractivity contribution in [2.75, 3.05) is 39.8 Å². The minimum Gasteiger partial charge on any atom is -0.376 e. The molecule has 25 heavy (non-hydrogen) atoms. The molecule has 2 fully saturated rings. The number of ether oxygens (including phenoxy) is 1. The summed E-state index contributed by atoms with van der Waals surface area (Å²) in [6.45, 7) is 8.49. The molecule has 3 rings (SSSR count). The third kappa shape index (κ3) is 4.36. The maximum Gasteiger partial charge on any atom is 0.223 e. The molecule has 4 nitrogen and oxygen atoms in total. The molecule has 0 saturated carbocycles. The van der Waals surface area contributed by atoms with Crippen molar-refractivity contribution in [3.8, 4) is 0 Å². The Bertz CT molecular complexity index is 609. The first-order valence-corrected chi connectivity index (χ1v) is 9.54. The van der Waals surface area contributed by atoms with Gasteiger partial charge in [0.05, 0.1) is 5.60 Å². The van der Waals surface area contributed by atoms with Crippen LogP contribution in [0.3, 0.4) is 0 Å². The SMILES string of the molecule is CN1CCN(C(=O)CC2(c3ccc(Cl)cc3)CCOC(C)(C)C2)CC1. The van der Waals surface area contributed by atoms with E-state index in [0.29, 0.717) is 13.0 Å². The van der Waals surface area contributed by atoms with Crippen LogP contribution in [0.2, 0.25) is 5.02 Å². The lowest BCUT2D eigenvalue weighted by Crippen LogP contribution is -2.51. The van der Waals surface area contributed by atoms with Crippen molar-refractivity contribution in [2.24, 2.45) is 0 Å². The first-order chi connectivity index (χ1) is 11.8. The molecule has 0 bridgehead atoms. The normalized spacial score (nSPS) is 27.3. The standard InChI is InChI=1S/C20H29ClN2O2/c1-19(2)15-20(8-13-25-19,16-4-6-17(21)7-5-16)14-18(24)23-11-9-22(3)10-12-23/h4-7H,8-15H2,1-3H3. The third-order valence-corrected chi connectivity index (χ3v) is 5.89. The number of benzene rings is 1. The number of halogens is 1. The van der Waals surface area contributed by atoms with E-state index in [1.807, 2.05) is 17.0 Å². The summed E-state index contributed by atoms with van der Waals surface area (Å²) in [5.41, 5.74) is 0.809. The summed E-state index contributed by atoms with van der Waals surface area (Å²) < 4.78 is 5.95. The van der Waals surface area contributed by atoms with Crippen molar-refractivity contribution < 1.29 is 9.53 Å². The largest absolute Gasteiger partial charge is 0.376 e. The van der Waals surface area contributed by atoms with Crippen molar-refractivity contribution in [1.82, 2.24) is 9.80 Å². The number of rotatable bonds is 3. The number of carbonyl (C=O) groups is 1. The lowest BCUT2D eigenvalue weighted by Gasteiger charge is -2.46. The average Bonchev–Trinajstić information content (AvgIpc) is 2.55. The molecule has 1 atom stereocenters. The molecule has 0 aromatic heterocycles. The molecule has 1 amide bonds. The third-order valence-electron chi connectivity index (χ3n) is 5.64. The molecule has 2 aliphatic rings. The van der Waals surface area contributed by atoms with E-state index in [9.17, 15) is 4.79 Å². The van der Waals surface area contributed by atoms with Gasteiger partial charge in [-0.1, -0.05) is 23.7 Å². The number of likely N-dealkylation sites (N-methyl/N-ethyl adjacent to an activating group) is 1. The molecule has 1 aromatic rings. The summed E-state index contributed by atoms with van der Waals surface area (Å²) in [6.07, 6.45) is 2.27. The Hall–Kier alpha value is -1.10. The zero-order valence-electron chi connectivity index (χ0n) is 15.6. The van der Waals surface area contributed by atoms with Gasteiger partial charge in [0.1, 0.15) is 0 Å². The molecule has 0 spiro atoms. The molecule has 2 aliphatic heterocycles. The first kappa shape index (κ1) is 18.7. The molecule has 0 N–H and O–H groups in total. The zero-order valence-corrected chi connectivity index (χ0v) is 16.3. The fraction of sp³-hybridized carbons (Fsp3) is 0.650. The van der Waals surface area contributed by atoms with Crippen LogP contribution in [-0.2, 0) is 14.9 Å². The van der Waals surface area contributed by atoms with E-state index in [0.717, 1.165) is 44.0 Å². The smallest absolute Gasteiger partial charge is 0.223 e. The molecular weight excluding hydrogens is 336 g/mol. The van der Waals surface area contributed by atoms with Gasteiger partial charge in [0, 0.05) is 49.6 Å². The van der Waals surface area contributed by atoms with Crippen molar-refractivity contribution in [3.05, 3.63) is 34.9 Å². The summed E-state index contributed by atoms with van der Waals surface area (Å²) in [5, 5.41) is 0.732.